The summed E-state index contributed by atoms with van der Waals surface area (Å²) < 4.78 is 1.03. The molecule has 1 aliphatic carbocycles. The number of rotatable bonds is 1. The first-order valence-corrected chi connectivity index (χ1v) is 6.93. The molecule has 0 N–H and O–H groups in total. The molecule has 18 heavy (non-hydrogen) atoms. The Bertz CT molecular complexity index is 604. The van der Waals surface area contributed by atoms with Gasteiger partial charge in [0, 0.05) is 16.0 Å². The molecule has 0 aromatic heterocycles. The molecule has 1 atom stereocenters. The summed E-state index contributed by atoms with van der Waals surface area (Å²) in [5.74, 6) is 0.249. The molecule has 3 rings (SSSR count). The molecular weight excluding hydrogens is 288 g/mol. The van der Waals surface area contributed by atoms with Gasteiger partial charge in [-0.25, -0.2) is 0 Å². The lowest BCUT2D eigenvalue weighted by Crippen LogP contribution is -2.21. The molecule has 0 radical (unpaired) electrons. The van der Waals surface area contributed by atoms with E-state index in [2.05, 4.69) is 22.0 Å². The molecule has 1 nitrogen and oxygen atoms in total. The van der Waals surface area contributed by atoms with Crippen LogP contribution in [0.1, 0.15) is 33.8 Å². The minimum Gasteiger partial charge on any atom is -0.293 e. The van der Waals surface area contributed by atoms with Gasteiger partial charge >= 0.3 is 0 Å². The third kappa shape index (κ3) is 1.91. The van der Waals surface area contributed by atoms with Crippen molar-refractivity contribution in [1.29, 1.82) is 0 Å². The van der Waals surface area contributed by atoms with Gasteiger partial charge < -0.3 is 0 Å². The molecule has 0 amide bonds. The van der Waals surface area contributed by atoms with E-state index in [1.54, 1.807) is 0 Å². The highest BCUT2D eigenvalue weighted by Crippen LogP contribution is 2.35. The molecule has 0 heterocycles. The lowest BCUT2D eigenvalue weighted by atomic mass is 9.79. The standard InChI is InChI=1S/C16H13BrO/c17-15-8-4-3-7-13(15)14-10-9-11-5-1-2-6-12(11)16(14)18/h1-8,14H,9-10H2. The fourth-order valence-corrected chi connectivity index (χ4v) is 3.21. The van der Waals surface area contributed by atoms with Crippen molar-refractivity contribution in [2.75, 3.05) is 0 Å². The summed E-state index contributed by atoms with van der Waals surface area (Å²) in [4.78, 5) is 12.5. The highest BCUT2D eigenvalue weighted by Gasteiger charge is 2.29. The highest BCUT2D eigenvalue weighted by molar-refractivity contribution is 9.10. The second-order valence-corrected chi connectivity index (χ2v) is 5.49. The van der Waals surface area contributed by atoms with Crippen LogP contribution in [0.3, 0.4) is 0 Å². The molecule has 0 fully saturated rings. The van der Waals surface area contributed by atoms with Gasteiger partial charge in [-0.15, -0.1) is 0 Å². The third-order valence-corrected chi connectivity index (χ3v) is 4.30. The van der Waals surface area contributed by atoms with Crippen LogP contribution >= 0.6 is 15.9 Å². The summed E-state index contributed by atoms with van der Waals surface area (Å²) in [6.45, 7) is 0. The van der Waals surface area contributed by atoms with E-state index in [-0.39, 0.29) is 11.7 Å². The van der Waals surface area contributed by atoms with Gasteiger partial charge in [0.2, 0.25) is 0 Å². The number of fused-ring (bicyclic) bond motifs is 1. The Morgan fingerprint density at radius 2 is 1.72 bits per heavy atom. The van der Waals surface area contributed by atoms with Crippen molar-refractivity contribution in [1.82, 2.24) is 0 Å². The van der Waals surface area contributed by atoms with E-state index < -0.39 is 0 Å². The highest BCUT2D eigenvalue weighted by atomic mass is 79.9. The fourth-order valence-electron chi connectivity index (χ4n) is 2.65. The minimum absolute atomic E-state index is 0.00419. The van der Waals surface area contributed by atoms with Crippen LogP contribution in [0.4, 0.5) is 0 Å². The number of Topliss-reactive ketones (excluding diaryl/α,β-unsaturated/α-hetero) is 1. The average molecular weight is 301 g/mol. The molecule has 0 saturated carbocycles. The van der Waals surface area contributed by atoms with Crippen LogP contribution in [0.5, 0.6) is 0 Å². The Morgan fingerprint density at radius 1 is 1.00 bits per heavy atom. The smallest absolute Gasteiger partial charge is 0.170 e. The first-order chi connectivity index (χ1) is 8.77. The summed E-state index contributed by atoms with van der Waals surface area (Å²) in [6.07, 6.45) is 1.88. The normalized spacial score (nSPS) is 18.5. The van der Waals surface area contributed by atoms with Crippen molar-refractivity contribution in [2.45, 2.75) is 18.8 Å². The molecule has 1 aliphatic rings. The van der Waals surface area contributed by atoms with Crippen LogP contribution in [0.15, 0.2) is 53.0 Å². The van der Waals surface area contributed by atoms with Crippen molar-refractivity contribution < 1.29 is 4.79 Å². The number of halogens is 1. The Labute approximate surface area is 115 Å². The van der Waals surface area contributed by atoms with Crippen LogP contribution in [0.25, 0.3) is 0 Å². The number of carbonyl (C=O) groups excluding carboxylic acids is 1. The predicted molar refractivity (Wildman–Crippen MR) is 76.0 cm³/mol. The van der Waals surface area contributed by atoms with E-state index in [0.29, 0.717) is 0 Å². The number of hydrogen-bond acceptors (Lipinski definition) is 1. The van der Waals surface area contributed by atoms with Gasteiger partial charge in [-0.3, -0.25) is 4.79 Å². The van der Waals surface area contributed by atoms with Crippen molar-refractivity contribution >= 4 is 21.7 Å². The zero-order valence-corrected chi connectivity index (χ0v) is 11.5. The van der Waals surface area contributed by atoms with Crippen LogP contribution in [0, 0.1) is 0 Å². The Morgan fingerprint density at radius 3 is 2.56 bits per heavy atom. The van der Waals surface area contributed by atoms with Gasteiger partial charge in [-0.1, -0.05) is 58.4 Å². The van der Waals surface area contributed by atoms with E-state index >= 15 is 0 Å². The minimum atomic E-state index is -0.00419. The van der Waals surface area contributed by atoms with Crippen LogP contribution < -0.4 is 0 Å². The zero-order chi connectivity index (χ0) is 12.5. The zero-order valence-electron chi connectivity index (χ0n) is 9.90. The second-order valence-electron chi connectivity index (χ2n) is 4.63. The SMILES string of the molecule is O=C1c2ccccc2CCC1c1ccccc1Br. The maximum atomic E-state index is 12.5. The monoisotopic (exact) mass is 300 g/mol. The van der Waals surface area contributed by atoms with Crippen molar-refractivity contribution in [3.8, 4) is 0 Å². The van der Waals surface area contributed by atoms with E-state index in [1.807, 2.05) is 42.5 Å². The Hall–Kier alpha value is -1.41. The molecule has 2 aromatic carbocycles. The second kappa shape index (κ2) is 4.69. The van der Waals surface area contributed by atoms with Gasteiger partial charge in [0.05, 0.1) is 0 Å². The number of hydrogen-bond donors (Lipinski definition) is 0. The number of ketones is 1. The molecular formula is C16H13BrO. The summed E-state index contributed by atoms with van der Waals surface area (Å²) in [7, 11) is 0. The fraction of sp³-hybridized carbons (Fsp3) is 0.188. The molecule has 0 saturated heterocycles. The quantitative estimate of drug-likeness (QED) is 0.765. The molecule has 0 spiro atoms. The number of aryl methyl sites for hydroxylation is 1. The molecule has 2 heteroatoms. The van der Waals surface area contributed by atoms with Gasteiger partial charge in [0.25, 0.3) is 0 Å². The summed E-state index contributed by atoms with van der Waals surface area (Å²) >= 11 is 3.55. The van der Waals surface area contributed by atoms with E-state index in [9.17, 15) is 4.79 Å². The van der Waals surface area contributed by atoms with Crippen LogP contribution in [-0.4, -0.2) is 5.78 Å². The van der Waals surface area contributed by atoms with Crippen molar-refractivity contribution in [2.24, 2.45) is 0 Å². The van der Waals surface area contributed by atoms with Gasteiger partial charge in [0.15, 0.2) is 5.78 Å². The van der Waals surface area contributed by atoms with Crippen molar-refractivity contribution in [3.63, 3.8) is 0 Å². The van der Waals surface area contributed by atoms with Gasteiger partial charge in [-0.05, 0) is 30.0 Å². The van der Waals surface area contributed by atoms with Gasteiger partial charge in [0.1, 0.15) is 0 Å². The van der Waals surface area contributed by atoms with E-state index in [4.69, 9.17) is 0 Å². The molecule has 0 aliphatic heterocycles. The van der Waals surface area contributed by atoms with Gasteiger partial charge in [-0.2, -0.15) is 0 Å². The maximum absolute atomic E-state index is 12.5. The largest absolute Gasteiger partial charge is 0.293 e. The molecule has 90 valence electrons. The lowest BCUT2D eigenvalue weighted by molar-refractivity contribution is 0.0946. The van der Waals surface area contributed by atoms with Crippen LogP contribution in [-0.2, 0) is 6.42 Å². The summed E-state index contributed by atoms with van der Waals surface area (Å²) in [5, 5.41) is 0. The Kier molecular flexibility index (Phi) is 3.04. The van der Waals surface area contributed by atoms with Crippen molar-refractivity contribution in [3.05, 3.63) is 69.7 Å². The lowest BCUT2D eigenvalue weighted by Gasteiger charge is -2.24. The third-order valence-electron chi connectivity index (χ3n) is 3.58. The summed E-state index contributed by atoms with van der Waals surface area (Å²) in [5.41, 5.74) is 3.19. The van der Waals surface area contributed by atoms with E-state index in [1.165, 1.54) is 5.56 Å². The average Bonchev–Trinajstić information content (AvgIpc) is 2.41. The first kappa shape index (κ1) is 11.7. The predicted octanol–water partition coefficient (Wildman–Crippen LogP) is 4.36. The maximum Gasteiger partial charge on any atom is 0.170 e. The van der Waals surface area contributed by atoms with Crippen LogP contribution in [0.2, 0.25) is 0 Å². The molecule has 2 aromatic rings. The molecule has 1 unspecified atom stereocenters. The first-order valence-electron chi connectivity index (χ1n) is 6.14. The topological polar surface area (TPSA) is 17.1 Å². The number of benzene rings is 2. The summed E-state index contributed by atoms with van der Waals surface area (Å²) in [6, 6.07) is 16.0. The molecule has 0 bridgehead atoms. The van der Waals surface area contributed by atoms with E-state index in [0.717, 1.165) is 28.4 Å². The number of carbonyl (C=O) groups is 1. The Balaban J connectivity index is 2.03.